The van der Waals surface area contributed by atoms with Crippen LogP contribution in [-0.4, -0.2) is 37.1 Å². The van der Waals surface area contributed by atoms with Gasteiger partial charge in [-0.2, -0.15) is 0 Å². The third kappa shape index (κ3) is 5.47. The molecule has 78 valence electrons. The Bertz CT molecular complexity index is 141. The molecule has 0 saturated heterocycles. The van der Waals surface area contributed by atoms with Gasteiger partial charge < -0.3 is 5.32 Å². The van der Waals surface area contributed by atoms with Crippen LogP contribution in [0.1, 0.15) is 27.7 Å². The summed E-state index contributed by atoms with van der Waals surface area (Å²) in [5.74, 6) is 0.869. The van der Waals surface area contributed by atoms with Gasteiger partial charge in [0, 0.05) is 26.2 Å². The number of nitrogens with one attached hydrogen (secondary N) is 2. The van der Waals surface area contributed by atoms with Crippen LogP contribution in [0.4, 0.5) is 0 Å². The Morgan fingerprint density at radius 1 is 1.15 bits per heavy atom. The molecule has 0 fully saturated rings. The summed E-state index contributed by atoms with van der Waals surface area (Å²) in [4.78, 5) is 4.30. The van der Waals surface area contributed by atoms with E-state index < -0.39 is 0 Å². The van der Waals surface area contributed by atoms with Gasteiger partial charge in [0.1, 0.15) is 0 Å². The van der Waals surface area contributed by atoms with E-state index in [4.69, 9.17) is 0 Å². The van der Waals surface area contributed by atoms with Gasteiger partial charge in [-0.3, -0.25) is 10.4 Å². The Balaban J connectivity index is 3.99. The van der Waals surface area contributed by atoms with Crippen LogP contribution in [0.2, 0.25) is 0 Å². The summed E-state index contributed by atoms with van der Waals surface area (Å²) in [5.41, 5.74) is 3.23. The van der Waals surface area contributed by atoms with Crippen molar-refractivity contribution in [3.05, 3.63) is 0 Å². The summed E-state index contributed by atoms with van der Waals surface area (Å²) in [6, 6.07) is 0. The molecule has 4 nitrogen and oxygen atoms in total. The highest BCUT2D eigenvalue weighted by atomic mass is 15.5. The smallest absolute Gasteiger partial charge is 0.206 e. The van der Waals surface area contributed by atoms with Gasteiger partial charge in [0.05, 0.1) is 0 Å². The van der Waals surface area contributed by atoms with Crippen LogP contribution in [0.25, 0.3) is 0 Å². The van der Waals surface area contributed by atoms with Crippen LogP contribution in [0.5, 0.6) is 0 Å². The van der Waals surface area contributed by atoms with E-state index in [1.807, 2.05) is 6.92 Å². The molecular formula is C9H22N4. The second-order valence-electron chi connectivity index (χ2n) is 2.64. The lowest BCUT2D eigenvalue weighted by Crippen LogP contribution is -2.48. The number of hydrazine groups is 1. The standard InChI is InChI=1S/C9H22N4/c1-5-10-9(11-6-2)12-13(7-3)8-4/h5-8H2,1-4H3,(H2,10,11,12). The predicted molar refractivity (Wildman–Crippen MR) is 57.7 cm³/mol. The van der Waals surface area contributed by atoms with Gasteiger partial charge in [0.25, 0.3) is 0 Å². The van der Waals surface area contributed by atoms with Crippen molar-refractivity contribution in [1.29, 1.82) is 0 Å². The lowest BCUT2D eigenvalue weighted by atomic mass is 10.6. The number of hydrogen-bond acceptors (Lipinski definition) is 2. The lowest BCUT2D eigenvalue weighted by Gasteiger charge is -2.22. The van der Waals surface area contributed by atoms with E-state index >= 15 is 0 Å². The molecule has 0 aromatic carbocycles. The van der Waals surface area contributed by atoms with Crippen LogP contribution in [-0.2, 0) is 0 Å². The highest BCUT2D eigenvalue weighted by molar-refractivity contribution is 5.79. The minimum atomic E-state index is 0.802. The highest BCUT2D eigenvalue weighted by Gasteiger charge is 2.00. The first-order chi connectivity index (χ1) is 6.28. The average molecular weight is 186 g/mol. The molecule has 0 aliphatic heterocycles. The van der Waals surface area contributed by atoms with Gasteiger partial charge in [0.2, 0.25) is 5.96 Å². The Labute approximate surface area is 81.4 Å². The van der Waals surface area contributed by atoms with Crippen molar-refractivity contribution in [2.45, 2.75) is 27.7 Å². The molecule has 0 aliphatic rings. The maximum atomic E-state index is 4.30. The van der Waals surface area contributed by atoms with E-state index in [0.29, 0.717) is 0 Å². The second kappa shape index (κ2) is 7.86. The quantitative estimate of drug-likeness (QED) is 0.379. The van der Waals surface area contributed by atoms with Crippen LogP contribution in [0.3, 0.4) is 0 Å². The molecular weight excluding hydrogens is 164 g/mol. The van der Waals surface area contributed by atoms with E-state index in [-0.39, 0.29) is 0 Å². The normalized spacial score (nSPS) is 11.9. The topological polar surface area (TPSA) is 39.7 Å². The number of hydrogen-bond donors (Lipinski definition) is 2. The zero-order chi connectivity index (χ0) is 10.1. The molecule has 0 heterocycles. The summed E-state index contributed by atoms with van der Waals surface area (Å²) in [6.45, 7) is 12.0. The summed E-state index contributed by atoms with van der Waals surface area (Å²) < 4.78 is 0. The number of nitrogens with zero attached hydrogens (tertiary/aromatic N) is 2. The molecule has 0 radical (unpaired) electrons. The van der Waals surface area contributed by atoms with Gasteiger partial charge in [-0.1, -0.05) is 13.8 Å². The van der Waals surface area contributed by atoms with Gasteiger partial charge in [-0.15, -0.1) is 0 Å². The number of rotatable bonds is 5. The molecule has 0 bridgehead atoms. The SMILES string of the molecule is CCN=C(NCC)NN(CC)CC. The fourth-order valence-electron chi connectivity index (χ4n) is 0.988. The zero-order valence-electron chi connectivity index (χ0n) is 9.22. The third-order valence-electron chi connectivity index (χ3n) is 1.69. The molecule has 13 heavy (non-hydrogen) atoms. The Hall–Kier alpha value is -0.770. The van der Waals surface area contributed by atoms with E-state index in [9.17, 15) is 0 Å². The third-order valence-corrected chi connectivity index (χ3v) is 1.69. The van der Waals surface area contributed by atoms with Gasteiger partial charge in [-0.25, -0.2) is 5.01 Å². The minimum absolute atomic E-state index is 0.802. The fraction of sp³-hybridized carbons (Fsp3) is 0.889. The summed E-state index contributed by atoms with van der Waals surface area (Å²) in [6.07, 6.45) is 0. The first-order valence-electron chi connectivity index (χ1n) is 5.08. The maximum Gasteiger partial charge on any atom is 0.206 e. The van der Waals surface area contributed by atoms with Crippen molar-refractivity contribution >= 4 is 5.96 Å². The Kier molecular flexibility index (Phi) is 7.39. The molecule has 0 spiro atoms. The van der Waals surface area contributed by atoms with Gasteiger partial charge in [-0.05, 0) is 13.8 Å². The van der Waals surface area contributed by atoms with Crippen molar-refractivity contribution in [2.24, 2.45) is 4.99 Å². The Morgan fingerprint density at radius 3 is 2.15 bits per heavy atom. The first-order valence-corrected chi connectivity index (χ1v) is 5.08. The monoisotopic (exact) mass is 186 g/mol. The van der Waals surface area contributed by atoms with Crippen LogP contribution < -0.4 is 10.7 Å². The molecule has 0 aliphatic carbocycles. The summed E-state index contributed by atoms with van der Waals surface area (Å²) in [5, 5.41) is 5.29. The maximum absolute atomic E-state index is 4.30. The molecule has 2 N–H and O–H groups in total. The van der Waals surface area contributed by atoms with E-state index in [0.717, 1.165) is 32.1 Å². The zero-order valence-corrected chi connectivity index (χ0v) is 9.22. The van der Waals surface area contributed by atoms with Crippen molar-refractivity contribution in [3.8, 4) is 0 Å². The molecule has 0 aromatic rings. The molecule has 0 unspecified atom stereocenters. The van der Waals surface area contributed by atoms with E-state index in [2.05, 4.69) is 41.5 Å². The number of aliphatic imine (C=N–C) groups is 1. The average Bonchev–Trinajstić information content (AvgIpc) is 2.14. The van der Waals surface area contributed by atoms with Gasteiger partial charge in [0.15, 0.2) is 0 Å². The van der Waals surface area contributed by atoms with E-state index in [1.54, 1.807) is 0 Å². The fourth-order valence-corrected chi connectivity index (χ4v) is 0.988. The van der Waals surface area contributed by atoms with Gasteiger partial charge >= 0.3 is 0 Å². The Morgan fingerprint density at radius 2 is 1.77 bits per heavy atom. The highest BCUT2D eigenvalue weighted by Crippen LogP contribution is 1.80. The van der Waals surface area contributed by atoms with Crippen molar-refractivity contribution < 1.29 is 0 Å². The predicted octanol–water partition coefficient (Wildman–Crippen LogP) is 0.818. The van der Waals surface area contributed by atoms with Crippen LogP contribution in [0, 0.1) is 0 Å². The van der Waals surface area contributed by atoms with Crippen molar-refractivity contribution in [2.75, 3.05) is 26.2 Å². The summed E-state index contributed by atoms with van der Waals surface area (Å²) in [7, 11) is 0. The molecule has 0 amide bonds. The van der Waals surface area contributed by atoms with Crippen LogP contribution in [0.15, 0.2) is 4.99 Å². The van der Waals surface area contributed by atoms with Crippen molar-refractivity contribution in [3.63, 3.8) is 0 Å². The molecule has 0 rings (SSSR count). The van der Waals surface area contributed by atoms with Crippen molar-refractivity contribution in [1.82, 2.24) is 15.8 Å². The molecule has 0 aromatic heterocycles. The summed E-state index contributed by atoms with van der Waals surface area (Å²) >= 11 is 0. The minimum Gasteiger partial charge on any atom is -0.356 e. The lowest BCUT2D eigenvalue weighted by molar-refractivity contribution is 0.258. The largest absolute Gasteiger partial charge is 0.356 e. The molecule has 0 atom stereocenters. The van der Waals surface area contributed by atoms with E-state index in [1.165, 1.54) is 0 Å². The number of guanidine groups is 1. The first kappa shape index (κ1) is 12.2. The second-order valence-corrected chi connectivity index (χ2v) is 2.64. The molecule has 0 saturated carbocycles. The van der Waals surface area contributed by atoms with Crippen LogP contribution >= 0.6 is 0 Å². The molecule has 4 heteroatoms.